The smallest absolute Gasteiger partial charge is 0.256 e. The number of nitrogens with zero attached hydrogens (tertiary/aromatic N) is 1. The van der Waals surface area contributed by atoms with Crippen LogP contribution in [0.4, 0.5) is 13.2 Å². The summed E-state index contributed by atoms with van der Waals surface area (Å²) >= 11 is 0. The molecule has 6 heteroatoms. The fourth-order valence-electron chi connectivity index (χ4n) is 3.40. The van der Waals surface area contributed by atoms with E-state index in [1.165, 1.54) is 4.90 Å². The topological polar surface area (TPSA) is 37.4 Å². The summed E-state index contributed by atoms with van der Waals surface area (Å²) in [4.78, 5) is 26.4. The molecule has 27 heavy (non-hydrogen) atoms. The lowest BCUT2D eigenvalue weighted by Gasteiger charge is -2.32. The zero-order chi connectivity index (χ0) is 19.4. The van der Waals surface area contributed by atoms with E-state index in [1.54, 1.807) is 0 Å². The summed E-state index contributed by atoms with van der Waals surface area (Å²) in [6.07, 6.45) is 2.27. The number of piperidine rings is 1. The van der Waals surface area contributed by atoms with Gasteiger partial charge in [0.2, 0.25) is 0 Å². The molecule has 0 spiro atoms. The lowest BCUT2D eigenvalue weighted by atomic mass is 9.90. The number of likely N-dealkylation sites (tertiary alicyclic amines) is 1. The Kier molecular flexibility index (Phi) is 5.94. The minimum Gasteiger partial charge on any atom is -0.338 e. The normalized spacial score (nSPS) is 17.0. The zero-order valence-corrected chi connectivity index (χ0v) is 14.8. The van der Waals surface area contributed by atoms with Gasteiger partial charge in [-0.25, -0.2) is 13.2 Å². The van der Waals surface area contributed by atoms with Crippen molar-refractivity contribution in [3.8, 4) is 0 Å². The van der Waals surface area contributed by atoms with E-state index >= 15 is 0 Å². The Labute approximate surface area is 155 Å². The molecule has 1 fully saturated rings. The van der Waals surface area contributed by atoms with Crippen LogP contribution in [-0.2, 0) is 11.2 Å². The van der Waals surface area contributed by atoms with Crippen LogP contribution in [0.2, 0.25) is 0 Å². The van der Waals surface area contributed by atoms with Crippen molar-refractivity contribution in [3.05, 3.63) is 71.0 Å². The number of carbonyl (C=O) groups is 2. The minimum absolute atomic E-state index is 0.0575. The van der Waals surface area contributed by atoms with Gasteiger partial charge in [0.15, 0.2) is 11.6 Å². The van der Waals surface area contributed by atoms with E-state index in [2.05, 4.69) is 0 Å². The van der Waals surface area contributed by atoms with E-state index in [4.69, 9.17) is 0 Å². The summed E-state index contributed by atoms with van der Waals surface area (Å²) in [5.41, 5.74) is 0.560. The van der Waals surface area contributed by atoms with Gasteiger partial charge in [-0.05, 0) is 30.9 Å². The number of hydrogen-bond donors (Lipinski definition) is 0. The van der Waals surface area contributed by atoms with E-state index in [0.29, 0.717) is 44.4 Å². The lowest BCUT2D eigenvalue weighted by molar-refractivity contribution is -0.124. The van der Waals surface area contributed by atoms with Crippen molar-refractivity contribution in [1.82, 2.24) is 4.90 Å². The predicted molar refractivity (Wildman–Crippen MR) is 94.7 cm³/mol. The van der Waals surface area contributed by atoms with E-state index in [0.717, 1.165) is 5.56 Å². The van der Waals surface area contributed by atoms with Gasteiger partial charge >= 0.3 is 0 Å². The van der Waals surface area contributed by atoms with Crippen LogP contribution < -0.4 is 0 Å². The molecule has 3 rings (SSSR count). The van der Waals surface area contributed by atoms with Crippen LogP contribution in [0.25, 0.3) is 0 Å². The number of aryl methyl sites for hydroxylation is 1. The Morgan fingerprint density at radius 1 is 1.00 bits per heavy atom. The van der Waals surface area contributed by atoms with Crippen LogP contribution in [0.1, 0.15) is 35.2 Å². The average molecular weight is 375 g/mol. The van der Waals surface area contributed by atoms with E-state index < -0.39 is 28.9 Å². The van der Waals surface area contributed by atoms with E-state index in [9.17, 15) is 22.8 Å². The van der Waals surface area contributed by atoms with Crippen molar-refractivity contribution in [2.24, 2.45) is 5.92 Å². The molecule has 1 aliphatic rings. The third-order valence-corrected chi connectivity index (χ3v) is 4.91. The van der Waals surface area contributed by atoms with Gasteiger partial charge in [0.1, 0.15) is 11.6 Å². The van der Waals surface area contributed by atoms with Crippen LogP contribution in [0.5, 0.6) is 0 Å². The maximum Gasteiger partial charge on any atom is 0.256 e. The van der Waals surface area contributed by atoms with Crippen LogP contribution in [-0.4, -0.2) is 29.7 Å². The monoisotopic (exact) mass is 375 g/mol. The van der Waals surface area contributed by atoms with E-state index in [-0.39, 0.29) is 18.2 Å². The highest BCUT2D eigenvalue weighted by atomic mass is 19.2. The largest absolute Gasteiger partial charge is 0.338 e. The number of benzene rings is 2. The maximum absolute atomic E-state index is 13.9. The summed E-state index contributed by atoms with van der Waals surface area (Å²) in [5, 5.41) is 0. The molecule has 2 aromatic carbocycles. The number of carbonyl (C=O) groups excluding carboxylic acids is 2. The maximum atomic E-state index is 13.9. The summed E-state index contributed by atoms with van der Waals surface area (Å²) in [6.45, 7) is 0.532. The van der Waals surface area contributed by atoms with Gasteiger partial charge in [0.25, 0.3) is 5.91 Å². The number of amides is 1. The zero-order valence-electron chi connectivity index (χ0n) is 14.8. The van der Waals surface area contributed by atoms with Gasteiger partial charge in [-0.15, -0.1) is 0 Å². The predicted octanol–water partition coefficient (Wildman–Crippen LogP) is 4.16. The molecule has 1 atom stereocenters. The van der Waals surface area contributed by atoms with Crippen LogP contribution >= 0.6 is 0 Å². The summed E-state index contributed by atoms with van der Waals surface area (Å²) in [5.74, 6) is -4.69. The van der Waals surface area contributed by atoms with Gasteiger partial charge in [0.05, 0.1) is 5.56 Å². The molecule has 0 saturated carbocycles. The first-order chi connectivity index (χ1) is 13.0. The van der Waals surface area contributed by atoms with Gasteiger partial charge in [-0.2, -0.15) is 0 Å². The highest BCUT2D eigenvalue weighted by Gasteiger charge is 2.30. The Hall–Kier alpha value is -2.63. The number of Topliss-reactive ketones (excluding diaryl/α,β-unsaturated/α-hetero) is 1. The summed E-state index contributed by atoms with van der Waals surface area (Å²) in [7, 11) is 0. The second kappa shape index (κ2) is 8.37. The van der Waals surface area contributed by atoms with E-state index in [1.807, 2.05) is 30.3 Å². The molecule has 142 valence electrons. The number of ketones is 1. The first kappa shape index (κ1) is 19.1. The molecule has 1 unspecified atom stereocenters. The van der Waals surface area contributed by atoms with Crippen molar-refractivity contribution < 1.29 is 22.8 Å². The van der Waals surface area contributed by atoms with Crippen molar-refractivity contribution in [1.29, 1.82) is 0 Å². The van der Waals surface area contributed by atoms with Crippen LogP contribution in [0.15, 0.2) is 42.5 Å². The number of halogens is 3. The van der Waals surface area contributed by atoms with Crippen molar-refractivity contribution in [3.63, 3.8) is 0 Å². The third kappa shape index (κ3) is 4.56. The highest BCUT2D eigenvalue weighted by molar-refractivity contribution is 5.95. The standard InChI is InChI=1S/C21H20F3NO2/c22-17-12-19(24)18(23)11-16(17)21(27)25-10-4-7-15(13-25)20(26)9-8-14-5-2-1-3-6-14/h1-3,5-6,11-12,15H,4,7-10,13H2. The fourth-order valence-corrected chi connectivity index (χ4v) is 3.40. The molecule has 2 aromatic rings. The van der Waals surface area contributed by atoms with Crippen molar-refractivity contribution >= 4 is 11.7 Å². The molecule has 3 nitrogen and oxygen atoms in total. The molecule has 0 radical (unpaired) electrons. The number of rotatable bonds is 5. The number of hydrogen-bond acceptors (Lipinski definition) is 2. The quantitative estimate of drug-likeness (QED) is 0.736. The van der Waals surface area contributed by atoms with Gasteiger partial charge < -0.3 is 4.90 Å². The molecule has 1 heterocycles. The molecule has 0 bridgehead atoms. The van der Waals surface area contributed by atoms with Gasteiger partial charge in [-0.1, -0.05) is 30.3 Å². The second-order valence-electron chi connectivity index (χ2n) is 6.79. The summed E-state index contributed by atoms with van der Waals surface area (Å²) < 4.78 is 40.3. The van der Waals surface area contributed by atoms with Crippen LogP contribution in [0, 0.1) is 23.4 Å². The molecular weight excluding hydrogens is 355 g/mol. The molecular formula is C21H20F3NO2. The fraction of sp³-hybridized carbons (Fsp3) is 0.333. The Morgan fingerprint density at radius 3 is 2.44 bits per heavy atom. The SMILES string of the molecule is O=C(CCc1ccccc1)C1CCCN(C(=O)c2cc(F)c(F)cc2F)C1. The van der Waals surface area contributed by atoms with Crippen LogP contribution in [0.3, 0.4) is 0 Å². The molecule has 0 aliphatic carbocycles. The van der Waals surface area contributed by atoms with Crippen molar-refractivity contribution in [2.75, 3.05) is 13.1 Å². The Bertz CT molecular complexity index is 839. The highest BCUT2D eigenvalue weighted by Crippen LogP contribution is 2.23. The third-order valence-electron chi connectivity index (χ3n) is 4.91. The first-order valence-electron chi connectivity index (χ1n) is 8.96. The Balaban J connectivity index is 1.64. The van der Waals surface area contributed by atoms with Crippen molar-refractivity contribution in [2.45, 2.75) is 25.7 Å². The first-order valence-corrected chi connectivity index (χ1v) is 8.96. The molecule has 0 N–H and O–H groups in total. The minimum atomic E-state index is -1.34. The molecule has 0 aromatic heterocycles. The average Bonchev–Trinajstić information content (AvgIpc) is 2.69. The van der Waals surface area contributed by atoms with Gasteiger partial charge in [-0.3, -0.25) is 9.59 Å². The summed E-state index contributed by atoms with van der Waals surface area (Å²) in [6, 6.07) is 10.6. The molecule has 1 aliphatic heterocycles. The molecule has 1 saturated heterocycles. The lowest BCUT2D eigenvalue weighted by Crippen LogP contribution is -2.42. The van der Waals surface area contributed by atoms with Gasteiger partial charge in [0, 0.05) is 31.5 Å². The second-order valence-corrected chi connectivity index (χ2v) is 6.79. The molecule has 1 amide bonds. The Morgan fingerprint density at radius 2 is 1.70 bits per heavy atom.